The summed E-state index contributed by atoms with van der Waals surface area (Å²) >= 11 is 3.66. The number of thiophene rings is 2. The maximum Gasteiger partial charge on any atom is 0.191 e. The van der Waals surface area contributed by atoms with Gasteiger partial charge in [-0.25, -0.2) is 0 Å². The Hall–Kier alpha value is -1.33. The zero-order valence-electron chi connectivity index (χ0n) is 12.0. The normalized spacial score (nSPS) is 11.6. The van der Waals surface area contributed by atoms with E-state index in [-0.39, 0.29) is 0 Å². The van der Waals surface area contributed by atoms with Gasteiger partial charge in [-0.05, 0) is 36.4 Å². The minimum Gasteiger partial charge on any atom is -0.356 e. The van der Waals surface area contributed by atoms with Crippen molar-refractivity contribution in [2.45, 2.75) is 26.3 Å². The topological polar surface area (TPSA) is 36.4 Å². The summed E-state index contributed by atoms with van der Waals surface area (Å²) in [5.41, 5.74) is 0. The minimum atomic E-state index is 0.837. The van der Waals surface area contributed by atoms with Crippen molar-refractivity contribution in [1.29, 1.82) is 0 Å². The van der Waals surface area contributed by atoms with Gasteiger partial charge in [0.25, 0.3) is 0 Å². The van der Waals surface area contributed by atoms with Crippen LogP contribution in [0.3, 0.4) is 0 Å². The Morgan fingerprint density at radius 2 is 2.00 bits per heavy atom. The van der Waals surface area contributed by atoms with Crippen LogP contribution in [0, 0.1) is 0 Å². The van der Waals surface area contributed by atoms with Crippen molar-refractivity contribution in [2.24, 2.45) is 4.99 Å². The average Bonchev–Trinajstić information content (AvgIpc) is 3.13. The molecule has 0 aliphatic carbocycles. The van der Waals surface area contributed by atoms with Crippen molar-refractivity contribution < 1.29 is 0 Å². The monoisotopic (exact) mass is 307 g/mol. The molecule has 108 valence electrons. The molecule has 0 saturated carbocycles. The van der Waals surface area contributed by atoms with Crippen molar-refractivity contribution in [3.63, 3.8) is 0 Å². The Balaban J connectivity index is 1.72. The highest BCUT2D eigenvalue weighted by atomic mass is 32.1. The van der Waals surface area contributed by atoms with Crippen LogP contribution in [0.4, 0.5) is 0 Å². The molecular weight excluding hydrogens is 286 g/mol. The fraction of sp³-hybridized carbons (Fsp3) is 0.400. The number of hydrogen-bond donors (Lipinski definition) is 2. The molecule has 0 radical (unpaired) electrons. The van der Waals surface area contributed by atoms with Gasteiger partial charge < -0.3 is 10.6 Å². The molecule has 0 fully saturated rings. The van der Waals surface area contributed by atoms with Gasteiger partial charge in [0.2, 0.25) is 0 Å². The van der Waals surface area contributed by atoms with Crippen molar-refractivity contribution in [3.8, 4) is 0 Å². The van der Waals surface area contributed by atoms with Crippen LogP contribution >= 0.6 is 22.7 Å². The summed E-state index contributed by atoms with van der Waals surface area (Å²) in [5, 5.41) is 8.82. The van der Waals surface area contributed by atoms with Crippen LogP contribution in [0.1, 0.15) is 21.6 Å². The molecule has 20 heavy (non-hydrogen) atoms. The minimum absolute atomic E-state index is 0.837. The van der Waals surface area contributed by atoms with Gasteiger partial charge in [0, 0.05) is 28.2 Å². The molecule has 2 aromatic rings. The van der Waals surface area contributed by atoms with Gasteiger partial charge in [-0.3, -0.25) is 4.99 Å². The van der Waals surface area contributed by atoms with Crippen LogP contribution in [0.25, 0.3) is 0 Å². The second kappa shape index (κ2) is 8.07. The molecule has 0 amide bonds. The number of rotatable bonds is 6. The molecule has 2 heterocycles. The van der Waals surface area contributed by atoms with E-state index in [2.05, 4.69) is 52.2 Å². The zero-order valence-corrected chi connectivity index (χ0v) is 13.6. The van der Waals surface area contributed by atoms with Gasteiger partial charge in [0.1, 0.15) is 0 Å². The molecular formula is C15H21N3S2. The molecule has 2 aromatic heterocycles. The summed E-state index contributed by atoms with van der Waals surface area (Å²) in [6.07, 6.45) is 2.15. The van der Waals surface area contributed by atoms with E-state index in [9.17, 15) is 0 Å². The number of aryl methyl sites for hydroxylation is 1. The Bertz CT molecular complexity index is 529. The molecule has 0 spiro atoms. The predicted molar refractivity (Wildman–Crippen MR) is 89.9 cm³/mol. The second-order valence-electron chi connectivity index (χ2n) is 4.40. The number of guanidine groups is 1. The largest absolute Gasteiger partial charge is 0.356 e. The van der Waals surface area contributed by atoms with E-state index in [4.69, 9.17) is 0 Å². The lowest BCUT2D eigenvalue weighted by Gasteiger charge is -2.10. The molecule has 3 nitrogen and oxygen atoms in total. The summed E-state index contributed by atoms with van der Waals surface area (Å²) in [4.78, 5) is 8.44. The zero-order chi connectivity index (χ0) is 14.2. The summed E-state index contributed by atoms with van der Waals surface area (Å²) in [6.45, 7) is 3.93. The van der Waals surface area contributed by atoms with Crippen LogP contribution in [0.15, 0.2) is 34.6 Å². The third kappa shape index (κ3) is 4.65. The smallest absolute Gasteiger partial charge is 0.191 e. The van der Waals surface area contributed by atoms with Gasteiger partial charge in [-0.15, -0.1) is 22.7 Å². The molecule has 0 aromatic carbocycles. The molecule has 2 N–H and O–H groups in total. The Labute approximate surface area is 128 Å². The van der Waals surface area contributed by atoms with E-state index in [1.807, 2.05) is 18.4 Å². The third-order valence-electron chi connectivity index (χ3n) is 2.96. The lowest BCUT2D eigenvalue weighted by Crippen LogP contribution is -2.37. The Morgan fingerprint density at radius 3 is 2.65 bits per heavy atom. The standard InChI is InChI=1S/C15H21N3S2/c1-3-12-6-7-14(20-12)11-18-15(16-2)17-9-8-13-5-4-10-19-13/h4-7,10H,3,8-9,11H2,1-2H3,(H2,16,17,18). The molecule has 0 saturated heterocycles. The van der Waals surface area contributed by atoms with Crippen molar-refractivity contribution in [2.75, 3.05) is 13.6 Å². The van der Waals surface area contributed by atoms with Gasteiger partial charge in [0.05, 0.1) is 6.54 Å². The van der Waals surface area contributed by atoms with Crippen LogP contribution in [-0.2, 0) is 19.4 Å². The Morgan fingerprint density at radius 1 is 1.15 bits per heavy atom. The molecule has 0 aliphatic rings. The Kier molecular flexibility index (Phi) is 6.08. The van der Waals surface area contributed by atoms with Gasteiger partial charge in [-0.1, -0.05) is 13.0 Å². The first kappa shape index (κ1) is 15.1. The second-order valence-corrected chi connectivity index (χ2v) is 6.69. The number of nitrogens with zero attached hydrogens (tertiary/aromatic N) is 1. The number of hydrogen-bond acceptors (Lipinski definition) is 3. The first-order valence-corrected chi connectivity index (χ1v) is 8.56. The molecule has 5 heteroatoms. The van der Waals surface area contributed by atoms with E-state index < -0.39 is 0 Å². The first-order chi connectivity index (χ1) is 9.81. The molecule has 0 bridgehead atoms. The van der Waals surface area contributed by atoms with Crippen molar-refractivity contribution >= 4 is 28.6 Å². The highest BCUT2D eigenvalue weighted by Gasteiger charge is 2.01. The van der Waals surface area contributed by atoms with E-state index in [0.717, 1.165) is 31.9 Å². The molecule has 2 rings (SSSR count). The predicted octanol–water partition coefficient (Wildman–Crippen LogP) is 3.28. The van der Waals surface area contributed by atoms with Gasteiger partial charge >= 0.3 is 0 Å². The summed E-state index contributed by atoms with van der Waals surface area (Å²) in [6, 6.07) is 8.65. The average molecular weight is 307 g/mol. The quantitative estimate of drug-likeness (QED) is 0.635. The first-order valence-electron chi connectivity index (χ1n) is 6.86. The summed E-state index contributed by atoms with van der Waals surface area (Å²) in [5.74, 6) is 0.869. The molecule has 0 unspecified atom stereocenters. The number of nitrogens with one attached hydrogen (secondary N) is 2. The maximum atomic E-state index is 4.25. The van der Waals surface area contributed by atoms with E-state index in [1.54, 1.807) is 11.3 Å². The van der Waals surface area contributed by atoms with Gasteiger partial charge in [-0.2, -0.15) is 0 Å². The van der Waals surface area contributed by atoms with E-state index in [1.165, 1.54) is 14.6 Å². The van der Waals surface area contributed by atoms with E-state index in [0.29, 0.717) is 0 Å². The summed E-state index contributed by atoms with van der Waals surface area (Å²) < 4.78 is 0. The van der Waals surface area contributed by atoms with Crippen molar-refractivity contribution in [1.82, 2.24) is 10.6 Å². The fourth-order valence-corrected chi connectivity index (χ4v) is 3.46. The van der Waals surface area contributed by atoms with Crippen LogP contribution in [0.5, 0.6) is 0 Å². The molecule has 0 aliphatic heterocycles. The van der Waals surface area contributed by atoms with Crippen LogP contribution < -0.4 is 10.6 Å². The highest BCUT2D eigenvalue weighted by Crippen LogP contribution is 2.16. The van der Waals surface area contributed by atoms with E-state index >= 15 is 0 Å². The van der Waals surface area contributed by atoms with Crippen LogP contribution in [0.2, 0.25) is 0 Å². The SMILES string of the molecule is CCc1ccc(CNC(=NC)NCCc2cccs2)s1. The number of aliphatic imine (C=N–C) groups is 1. The lowest BCUT2D eigenvalue weighted by molar-refractivity contribution is 0.804. The highest BCUT2D eigenvalue weighted by molar-refractivity contribution is 7.12. The van der Waals surface area contributed by atoms with Crippen molar-refractivity contribution in [3.05, 3.63) is 44.3 Å². The summed E-state index contributed by atoms with van der Waals surface area (Å²) in [7, 11) is 1.81. The molecule has 0 atom stereocenters. The maximum absolute atomic E-state index is 4.25. The lowest BCUT2D eigenvalue weighted by atomic mass is 10.3. The van der Waals surface area contributed by atoms with Crippen LogP contribution in [-0.4, -0.2) is 19.6 Å². The van der Waals surface area contributed by atoms with Gasteiger partial charge in [0.15, 0.2) is 5.96 Å². The third-order valence-corrected chi connectivity index (χ3v) is 5.13. The fourth-order valence-electron chi connectivity index (χ4n) is 1.86.